The predicted octanol–water partition coefficient (Wildman–Crippen LogP) is 3.69. The van der Waals surface area contributed by atoms with Gasteiger partial charge in [-0.05, 0) is 50.2 Å². The van der Waals surface area contributed by atoms with Crippen LogP contribution in [-0.2, 0) is 16.6 Å². The number of hydrogen-bond donors (Lipinski definition) is 1. The van der Waals surface area contributed by atoms with Crippen molar-refractivity contribution in [2.45, 2.75) is 31.3 Å². The van der Waals surface area contributed by atoms with Crippen molar-refractivity contribution < 1.29 is 30.7 Å². The second kappa shape index (κ2) is 8.40. The maximum atomic E-state index is 13.4. The summed E-state index contributed by atoms with van der Waals surface area (Å²) in [4.78, 5) is -0.781. The average Bonchev–Trinajstić information content (AvgIpc) is 3.09. The molecule has 0 fully saturated rings. The molecule has 3 rings (SSSR count). The molecule has 160 valence electrons. The number of nitrogens with one attached hydrogen (secondary N) is 1. The topological polar surface area (TPSA) is 86.1 Å². The van der Waals surface area contributed by atoms with Gasteiger partial charge in [0, 0.05) is 6.54 Å². The smallest absolute Gasteiger partial charge is 0.322 e. The summed E-state index contributed by atoms with van der Waals surface area (Å²) in [5, 5.41) is 7.77. The molecule has 0 aliphatic rings. The van der Waals surface area contributed by atoms with Crippen LogP contribution in [0.5, 0.6) is 11.8 Å². The van der Waals surface area contributed by atoms with E-state index in [4.69, 9.17) is 4.74 Å². The Morgan fingerprint density at radius 3 is 2.23 bits per heavy atom. The number of halogens is 4. The maximum absolute atomic E-state index is 13.4. The van der Waals surface area contributed by atoms with Gasteiger partial charge in [-0.3, -0.25) is 4.57 Å². The van der Waals surface area contributed by atoms with Crippen molar-refractivity contribution in [3.05, 3.63) is 65.5 Å². The van der Waals surface area contributed by atoms with Gasteiger partial charge in [-0.15, -0.1) is 5.10 Å². The highest BCUT2D eigenvalue weighted by atomic mass is 32.2. The fraction of sp³-hybridized carbons (Fsp3) is 0.222. The minimum absolute atomic E-state index is 0.0315. The summed E-state index contributed by atoms with van der Waals surface area (Å²) in [6.07, 6.45) is 0. The van der Waals surface area contributed by atoms with Crippen LogP contribution in [0.3, 0.4) is 0 Å². The Morgan fingerprint density at radius 2 is 1.67 bits per heavy atom. The van der Waals surface area contributed by atoms with Gasteiger partial charge in [0.05, 0.1) is 10.9 Å². The molecule has 0 amide bonds. The van der Waals surface area contributed by atoms with E-state index in [1.54, 1.807) is 6.92 Å². The molecule has 2 aromatic carbocycles. The minimum Gasteiger partial charge on any atom is -0.424 e. The molecule has 1 N–H and O–H groups in total. The first-order valence-corrected chi connectivity index (χ1v) is 10.1. The van der Waals surface area contributed by atoms with Crippen LogP contribution in [0.1, 0.15) is 25.7 Å². The molecule has 0 aliphatic carbocycles. The van der Waals surface area contributed by atoms with Crippen molar-refractivity contribution in [3.63, 3.8) is 0 Å². The molecule has 12 heteroatoms. The molecule has 3 aromatic rings. The normalized spacial score (nSPS) is 12.7. The van der Waals surface area contributed by atoms with E-state index in [2.05, 4.69) is 14.9 Å². The zero-order chi connectivity index (χ0) is 22.1. The maximum Gasteiger partial charge on any atom is 0.322 e. The molecule has 1 aromatic heterocycles. The first-order chi connectivity index (χ1) is 14.1. The molecule has 30 heavy (non-hydrogen) atoms. The van der Waals surface area contributed by atoms with Crippen LogP contribution in [0.2, 0.25) is 0 Å². The van der Waals surface area contributed by atoms with Gasteiger partial charge in [-0.25, -0.2) is 30.7 Å². The molecule has 0 radical (unpaired) electrons. The third-order valence-corrected chi connectivity index (χ3v) is 5.59. The number of sulfonamides is 1. The Kier molecular flexibility index (Phi) is 6.08. The van der Waals surface area contributed by atoms with Gasteiger partial charge in [-0.2, -0.15) is 0 Å². The molecular weight excluding hydrogens is 428 g/mol. The van der Waals surface area contributed by atoms with Gasteiger partial charge >= 0.3 is 6.01 Å². The zero-order valence-electron chi connectivity index (χ0n) is 15.7. The predicted molar refractivity (Wildman–Crippen MR) is 97.2 cm³/mol. The molecule has 0 aliphatic heterocycles. The number of ether oxygens (including phenoxy) is 1. The van der Waals surface area contributed by atoms with E-state index in [1.165, 1.54) is 35.8 Å². The fourth-order valence-corrected chi connectivity index (χ4v) is 3.87. The van der Waals surface area contributed by atoms with Crippen molar-refractivity contribution in [3.8, 4) is 11.8 Å². The van der Waals surface area contributed by atoms with Crippen molar-refractivity contribution in [2.75, 3.05) is 0 Å². The molecule has 0 spiro atoms. The summed E-state index contributed by atoms with van der Waals surface area (Å²) in [7, 11) is -4.41. The van der Waals surface area contributed by atoms with E-state index < -0.39 is 44.2 Å². The average molecular weight is 444 g/mol. The summed E-state index contributed by atoms with van der Waals surface area (Å²) < 4.78 is 87.1. The Morgan fingerprint density at radius 1 is 1.07 bits per heavy atom. The van der Waals surface area contributed by atoms with Crippen molar-refractivity contribution in [1.29, 1.82) is 0 Å². The third kappa shape index (κ3) is 4.44. The zero-order valence-corrected chi connectivity index (χ0v) is 16.6. The van der Waals surface area contributed by atoms with E-state index in [0.29, 0.717) is 18.7 Å². The number of aromatic nitrogens is 3. The highest BCUT2D eigenvalue weighted by Crippen LogP contribution is 2.25. The Hall–Kier alpha value is -2.99. The van der Waals surface area contributed by atoms with E-state index in [-0.39, 0.29) is 17.6 Å². The fourth-order valence-electron chi connectivity index (χ4n) is 2.64. The van der Waals surface area contributed by atoms with Crippen LogP contribution in [0.25, 0.3) is 0 Å². The number of rotatable bonds is 7. The Balaban J connectivity index is 1.85. The van der Waals surface area contributed by atoms with E-state index in [0.717, 1.165) is 0 Å². The lowest BCUT2D eigenvalue weighted by atomic mass is 10.3. The highest BCUT2D eigenvalue weighted by Gasteiger charge is 2.26. The lowest BCUT2D eigenvalue weighted by Crippen LogP contribution is -2.29. The molecule has 0 saturated heterocycles. The summed E-state index contributed by atoms with van der Waals surface area (Å²) in [5.41, 5.74) is 0. The molecule has 0 bridgehead atoms. The van der Waals surface area contributed by atoms with Crippen LogP contribution in [0.4, 0.5) is 17.6 Å². The van der Waals surface area contributed by atoms with E-state index in [1.807, 2.05) is 0 Å². The minimum atomic E-state index is -4.41. The summed E-state index contributed by atoms with van der Waals surface area (Å²) >= 11 is 0. The second-order valence-electron chi connectivity index (χ2n) is 6.18. The van der Waals surface area contributed by atoms with Gasteiger partial charge in [-0.1, -0.05) is 5.10 Å². The first kappa shape index (κ1) is 21.7. The summed E-state index contributed by atoms with van der Waals surface area (Å²) in [5.74, 6) is -5.03. The van der Waals surface area contributed by atoms with Crippen LogP contribution in [0, 0.1) is 23.3 Å². The van der Waals surface area contributed by atoms with Gasteiger partial charge < -0.3 is 4.74 Å². The molecular formula is C18H16F4N4O3S. The lowest BCUT2D eigenvalue weighted by molar-refractivity contribution is 0.407. The first-order valence-electron chi connectivity index (χ1n) is 8.65. The molecule has 1 atom stereocenters. The lowest BCUT2D eigenvalue weighted by Gasteiger charge is -2.15. The summed E-state index contributed by atoms with van der Waals surface area (Å²) in [6.45, 7) is 3.46. The summed E-state index contributed by atoms with van der Waals surface area (Å²) in [6, 6.07) is 4.96. The largest absolute Gasteiger partial charge is 0.424 e. The Labute approximate surface area is 169 Å². The van der Waals surface area contributed by atoms with Crippen LogP contribution < -0.4 is 9.46 Å². The molecule has 0 saturated carbocycles. The SMILES string of the molecule is CCn1c(Oc2ccc(F)cc2)nnc1[C@@H](C)NS(=O)(=O)c1cc(F)c(F)c(F)c1. The second-order valence-corrected chi connectivity index (χ2v) is 7.90. The molecule has 1 heterocycles. The number of benzene rings is 2. The molecule has 0 unspecified atom stereocenters. The van der Waals surface area contributed by atoms with Gasteiger partial charge in [0.1, 0.15) is 11.6 Å². The van der Waals surface area contributed by atoms with Crippen LogP contribution in [-0.4, -0.2) is 23.2 Å². The van der Waals surface area contributed by atoms with Gasteiger partial charge in [0.15, 0.2) is 23.3 Å². The Bertz CT molecular complexity index is 1140. The van der Waals surface area contributed by atoms with E-state index in [9.17, 15) is 26.0 Å². The van der Waals surface area contributed by atoms with Crippen LogP contribution >= 0.6 is 0 Å². The van der Waals surface area contributed by atoms with E-state index >= 15 is 0 Å². The standard InChI is InChI=1S/C18H16F4N4O3S/c1-3-26-17(23-24-18(26)29-12-6-4-11(19)5-7-12)10(2)25-30(27,28)13-8-14(20)16(22)15(21)9-13/h4-10,25H,3H2,1-2H3/t10-/m1/s1. The van der Waals surface area contributed by atoms with Gasteiger partial charge in [0.25, 0.3) is 0 Å². The van der Waals surface area contributed by atoms with Crippen molar-refractivity contribution in [2.24, 2.45) is 0 Å². The quantitative estimate of drug-likeness (QED) is 0.444. The van der Waals surface area contributed by atoms with Crippen molar-refractivity contribution in [1.82, 2.24) is 19.5 Å². The monoisotopic (exact) mass is 444 g/mol. The number of hydrogen-bond acceptors (Lipinski definition) is 5. The van der Waals surface area contributed by atoms with Crippen molar-refractivity contribution >= 4 is 10.0 Å². The number of nitrogens with zero attached hydrogens (tertiary/aromatic N) is 3. The van der Waals surface area contributed by atoms with Gasteiger partial charge in [0.2, 0.25) is 10.0 Å². The highest BCUT2D eigenvalue weighted by molar-refractivity contribution is 7.89. The third-order valence-electron chi connectivity index (χ3n) is 4.07. The molecule has 7 nitrogen and oxygen atoms in total. The van der Waals surface area contributed by atoms with Crippen LogP contribution in [0.15, 0.2) is 41.3 Å².